The molecule has 1 aliphatic carbocycles. The van der Waals surface area contributed by atoms with Crippen LogP contribution >= 0.6 is 0 Å². The molecule has 1 aromatic rings. The lowest BCUT2D eigenvalue weighted by Gasteiger charge is -2.40. The van der Waals surface area contributed by atoms with Crippen molar-refractivity contribution in [2.24, 2.45) is 5.14 Å². The van der Waals surface area contributed by atoms with Gasteiger partial charge in [-0.05, 0) is 38.3 Å². The average molecular weight is 312 g/mol. The van der Waals surface area contributed by atoms with Gasteiger partial charge in [-0.1, -0.05) is 11.6 Å². The summed E-state index contributed by atoms with van der Waals surface area (Å²) in [5.41, 5.74) is 0.544. The van der Waals surface area contributed by atoms with E-state index < -0.39 is 15.9 Å². The number of nitrogens with two attached hydrogens (primary N) is 1. The molecule has 0 aromatic heterocycles. The van der Waals surface area contributed by atoms with Crippen molar-refractivity contribution in [1.82, 2.24) is 5.32 Å². The summed E-state index contributed by atoms with van der Waals surface area (Å²) in [5, 5.41) is 7.91. The first kappa shape index (κ1) is 15.9. The molecule has 0 heterocycles. The van der Waals surface area contributed by atoms with Gasteiger partial charge in [-0.25, -0.2) is 13.6 Å². The molecule has 0 saturated heterocycles. The zero-order chi connectivity index (χ0) is 15.7. The Balaban J connectivity index is 2.21. The number of hydrogen-bond donors (Lipinski definition) is 2. The summed E-state index contributed by atoms with van der Waals surface area (Å²) < 4.78 is 28.6. The average Bonchev–Trinajstić information content (AvgIpc) is 2.36. The van der Waals surface area contributed by atoms with Gasteiger partial charge < -0.3 is 10.1 Å². The zero-order valence-electron chi connectivity index (χ0n) is 12.2. The Morgan fingerprint density at radius 2 is 2.10 bits per heavy atom. The molecule has 7 heteroatoms. The van der Waals surface area contributed by atoms with Crippen LogP contribution in [0.15, 0.2) is 23.1 Å². The van der Waals surface area contributed by atoms with Crippen LogP contribution in [0.2, 0.25) is 0 Å². The molecule has 21 heavy (non-hydrogen) atoms. The SMILES string of the molecule is COC1(CNC(=O)c2cc(C)ccc2S(N)(=O)=O)CCC1. The van der Waals surface area contributed by atoms with Gasteiger partial charge in [0.15, 0.2) is 0 Å². The highest BCUT2D eigenvalue weighted by Crippen LogP contribution is 2.34. The third kappa shape index (κ3) is 3.42. The molecule has 2 rings (SSSR count). The van der Waals surface area contributed by atoms with Crippen molar-refractivity contribution in [3.05, 3.63) is 29.3 Å². The van der Waals surface area contributed by atoms with Crippen LogP contribution in [-0.2, 0) is 14.8 Å². The van der Waals surface area contributed by atoms with Crippen molar-refractivity contribution >= 4 is 15.9 Å². The number of amides is 1. The van der Waals surface area contributed by atoms with Crippen molar-refractivity contribution < 1.29 is 17.9 Å². The summed E-state index contributed by atoms with van der Waals surface area (Å²) in [4.78, 5) is 12.1. The van der Waals surface area contributed by atoms with Crippen molar-refractivity contribution in [2.45, 2.75) is 36.7 Å². The minimum absolute atomic E-state index is 0.0723. The largest absolute Gasteiger partial charge is 0.376 e. The van der Waals surface area contributed by atoms with Crippen molar-refractivity contribution in [2.75, 3.05) is 13.7 Å². The fraction of sp³-hybridized carbons (Fsp3) is 0.500. The van der Waals surface area contributed by atoms with E-state index in [-0.39, 0.29) is 16.1 Å². The number of rotatable bonds is 5. The molecule has 1 fully saturated rings. The van der Waals surface area contributed by atoms with Gasteiger partial charge >= 0.3 is 0 Å². The second-order valence-electron chi connectivity index (χ2n) is 5.47. The molecule has 0 spiro atoms. The standard InChI is InChI=1S/C14H20N2O4S/c1-10-4-5-12(21(15,18)19)11(8-10)13(17)16-9-14(20-2)6-3-7-14/h4-5,8H,3,6-7,9H2,1-2H3,(H,16,17)(H2,15,18,19). The van der Waals surface area contributed by atoms with E-state index >= 15 is 0 Å². The summed E-state index contributed by atoms with van der Waals surface area (Å²) in [7, 11) is -2.32. The zero-order valence-corrected chi connectivity index (χ0v) is 13.0. The molecule has 1 aromatic carbocycles. The lowest BCUT2D eigenvalue weighted by atomic mass is 9.80. The first-order valence-electron chi connectivity index (χ1n) is 6.74. The molecule has 1 saturated carbocycles. The predicted molar refractivity (Wildman–Crippen MR) is 78.5 cm³/mol. The quantitative estimate of drug-likeness (QED) is 0.845. The number of benzene rings is 1. The van der Waals surface area contributed by atoms with E-state index in [1.54, 1.807) is 20.1 Å². The Kier molecular flexibility index (Phi) is 4.36. The van der Waals surface area contributed by atoms with Crippen LogP contribution in [0.3, 0.4) is 0 Å². The summed E-state index contributed by atoms with van der Waals surface area (Å²) in [6, 6.07) is 4.49. The molecule has 6 nitrogen and oxygen atoms in total. The van der Waals surface area contributed by atoms with E-state index in [1.165, 1.54) is 12.1 Å². The monoisotopic (exact) mass is 312 g/mol. The highest BCUT2D eigenvalue weighted by Gasteiger charge is 2.37. The maximum absolute atomic E-state index is 12.3. The number of hydrogen-bond acceptors (Lipinski definition) is 4. The van der Waals surface area contributed by atoms with Crippen LogP contribution in [0.25, 0.3) is 0 Å². The number of sulfonamides is 1. The number of primary sulfonamides is 1. The molecular weight excluding hydrogens is 292 g/mol. The molecule has 3 N–H and O–H groups in total. The third-order valence-corrected chi connectivity index (χ3v) is 4.92. The Bertz CT molecular complexity index is 645. The molecule has 1 aliphatic rings. The van der Waals surface area contributed by atoms with E-state index in [4.69, 9.17) is 9.88 Å². The van der Waals surface area contributed by atoms with Gasteiger partial charge in [-0.2, -0.15) is 0 Å². The Hall–Kier alpha value is -1.44. The topological polar surface area (TPSA) is 98.5 Å². The third-order valence-electron chi connectivity index (χ3n) is 3.96. The van der Waals surface area contributed by atoms with Gasteiger partial charge in [0, 0.05) is 13.7 Å². The predicted octanol–water partition coefficient (Wildman–Crippen LogP) is 0.941. The summed E-state index contributed by atoms with van der Waals surface area (Å²) in [6.45, 7) is 2.15. The van der Waals surface area contributed by atoms with Crippen LogP contribution in [0.4, 0.5) is 0 Å². The van der Waals surface area contributed by atoms with E-state index in [0.717, 1.165) is 24.8 Å². The number of aryl methyl sites for hydroxylation is 1. The van der Waals surface area contributed by atoms with E-state index in [9.17, 15) is 13.2 Å². The fourth-order valence-corrected chi connectivity index (χ4v) is 3.15. The van der Waals surface area contributed by atoms with E-state index in [1.807, 2.05) is 0 Å². The molecule has 0 radical (unpaired) electrons. The molecule has 0 unspecified atom stereocenters. The fourth-order valence-electron chi connectivity index (χ4n) is 2.43. The summed E-state index contributed by atoms with van der Waals surface area (Å²) in [5.74, 6) is -0.453. The number of nitrogens with one attached hydrogen (secondary N) is 1. The van der Waals surface area contributed by atoms with Crippen molar-refractivity contribution in [3.63, 3.8) is 0 Å². The van der Waals surface area contributed by atoms with Crippen molar-refractivity contribution in [1.29, 1.82) is 0 Å². The van der Waals surface area contributed by atoms with Crippen LogP contribution in [0.1, 0.15) is 35.2 Å². The number of methoxy groups -OCH3 is 1. The van der Waals surface area contributed by atoms with Crippen LogP contribution < -0.4 is 10.5 Å². The van der Waals surface area contributed by atoms with E-state index in [2.05, 4.69) is 5.32 Å². The lowest BCUT2D eigenvalue weighted by molar-refractivity contribution is -0.0679. The summed E-state index contributed by atoms with van der Waals surface area (Å²) in [6.07, 6.45) is 2.84. The van der Waals surface area contributed by atoms with Gasteiger partial charge in [-0.15, -0.1) is 0 Å². The number of carbonyl (C=O) groups is 1. The highest BCUT2D eigenvalue weighted by molar-refractivity contribution is 7.89. The Labute approximate surface area is 124 Å². The lowest BCUT2D eigenvalue weighted by Crippen LogP contribution is -2.49. The number of carbonyl (C=O) groups excluding carboxylic acids is 1. The molecule has 1 amide bonds. The minimum atomic E-state index is -3.94. The molecular formula is C14H20N2O4S. The Morgan fingerprint density at radius 3 is 2.57 bits per heavy atom. The van der Waals surface area contributed by atoms with Gasteiger partial charge in [0.05, 0.1) is 16.1 Å². The first-order valence-corrected chi connectivity index (χ1v) is 8.29. The second kappa shape index (κ2) is 5.75. The van der Waals surface area contributed by atoms with Crippen LogP contribution in [-0.4, -0.2) is 33.6 Å². The van der Waals surface area contributed by atoms with E-state index in [0.29, 0.717) is 6.54 Å². The van der Waals surface area contributed by atoms with Crippen LogP contribution in [0.5, 0.6) is 0 Å². The van der Waals surface area contributed by atoms with Crippen LogP contribution in [0, 0.1) is 6.92 Å². The smallest absolute Gasteiger partial charge is 0.252 e. The molecule has 0 aliphatic heterocycles. The highest BCUT2D eigenvalue weighted by atomic mass is 32.2. The second-order valence-corrected chi connectivity index (χ2v) is 7.00. The normalized spacial score (nSPS) is 17.1. The Morgan fingerprint density at radius 1 is 1.43 bits per heavy atom. The van der Waals surface area contributed by atoms with Gasteiger partial charge in [0.25, 0.3) is 5.91 Å². The van der Waals surface area contributed by atoms with Gasteiger partial charge in [0.1, 0.15) is 0 Å². The van der Waals surface area contributed by atoms with Gasteiger partial charge in [0.2, 0.25) is 10.0 Å². The maximum atomic E-state index is 12.3. The minimum Gasteiger partial charge on any atom is -0.376 e. The van der Waals surface area contributed by atoms with Crippen molar-refractivity contribution in [3.8, 4) is 0 Å². The first-order chi connectivity index (χ1) is 9.77. The van der Waals surface area contributed by atoms with Gasteiger partial charge in [-0.3, -0.25) is 4.79 Å². The summed E-state index contributed by atoms with van der Waals surface area (Å²) >= 11 is 0. The molecule has 0 bridgehead atoms. The number of ether oxygens (including phenoxy) is 1. The molecule has 0 atom stereocenters. The maximum Gasteiger partial charge on any atom is 0.252 e. The molecule has 116 valence electrons.